The number of carbonyl (C=O) groups is 3. The first-order valence-corrected chi connectivity index (χ1v) is 12.9. The summed E-state index contributed by atoms with van der Waals surface area (Å²) in [5.41, 5.74) is -1.36. The molecule has 1 fully saturated rings. The lowest BCUT2D eigenvalue weighted by molar-refractivity contribution is 0.0561. The van der Waals surface area contributed by atoms with Crippen molar-refractivity contribution in [1.82, 2.24) is 5.32 Å². The Balaban J connectivity index is 2.22. The number of hydrogen-bond acceptors (Lipinski definition) is 7. The number of nitrogens with one attached hydrogen (secondary N) is 2. The molecule has 38 heavy (non-hydrogen) atoms. The lowest BCUT2D eigenvalue weighted by Crippen LogP contribution is -2.40. The summed E-state index contributed by atoms with van der Waals surface area (Å²) in [5, 5.41) is 25.2. The summed E-state index contributed by atoms with van der Waals surface area (Å²) in [7, 11) is 0. The summed E-state index contributed by atoms with van der Waals surface area (Å²) in [4.78, 5) is 40.2. The van der Waals surface area contributed by atoms with Crippen LogP contribution >= 0.6 is 0 Å². The molecule has 2 amide bonds. The van der Waals surface area contributed by atoms with Gasteiger partial charge in [-0.3, -0.25) is 5.32 Å². The minimum atomic E-state index is -1.17. The second kappa shape index (κ2) is 13.5. The molecule has 2 atom stereocenters. The lowest BCUT2D eigenvalue weighted by Gasteiger charge is -2.21. The van der Waals surface area contributed by atoms with Gasteiger partial charge in [-0.05, 0) is 78.9 Å². The van der Waals surface area contributed by atoms with Gasteiger partial charge in [-0.15, -0.1) is 4.99 Å². The highest BCUT2D eigenvalue weighted by Crippen LogP contribution is 2.28. The van der Waals surface area contributed by atoms with Gasteiger partial charge >= 0.3 is 18.2 Å². The number of rotatable bonds is 6. The average molecular weight is 536 g/mol. The van der Waals surface area contributed by atoms with Crippen molar-refractivity contribution in [1.29, 1.82) is 0 Å². The van der Waals surface area contributed by atoms with Gasteiger partial charge in [0.15, 0.2) is 0 Å². The van der Waals surface area contributed by atoms with E-state index >= 15 is 0 Å². The number of carboxylic acids is 1. The van der Waals surface area contributed by atoms with Crippen LogP contribution in [0.1, 0.15) is 90.4 Å². The molecule has 1 saturated carbocycles. The minimum Gasteiger partial charge on any atom is -0.493 e. The van der Waals surface area contributed by atoms with Gasteiger partial charge in [0.2, 0.25) is 5.96 Å². The first kappa shape index (κ1) is 30.9. The number of aromatic carboxylic acids is 1. The zero-order valence-electron chi connectivity index (χ0n) is 23.1. The number of amides is 2. The maximum absolute atomic E-state index is 12.3. The molecule has 1 aromatic carbocycles. The molecule has 1 aliphatic rings. The highest BCUT2D eigenvalue weighted by atomic mass is 16.6. The van der Waals surface area contributed by atoms with Gasteiger partial charge in [-0.2, -0.15) is 0 Å². The molecular formula is C27H41N3O8. The Morgan fingerprint density at radius 2 is 1.66 bits per heavy atom. The Morgan fingerprint density at radius 3 is 2.29 bits per heavy atom. The SMILES string of the molecule is CC(C)(C)OC(=O)/N=C(\NC(=O)OC(C)(C)C)Nc1ccc(C(=O)O)c(OCCC2CCCCCC2O)c1. The molecule has 0 saturated heterocycles. The summed E-state index contributed by atoms with van der Waals surface area (Å²) >= 11 is 0. The normalized spacial score (nSPS) is 18.7. The van der Waals surface area contributed by atoms with Gasteiger partial charge in [0.1, 0.15) is 22.5 Å². The monoisotopic (exact) mass is 535 g/mol. The minimum absolute atomic E-state index is 0.0531. The van der Waals surface area contributed by atoms with E-state index in [1.165, 1.54) is 18.2 Å². The Labute approximate surface area is 223 Å². The van der Waals surface area contributed by atoms with Gasteiger partial charge in [-0.25, -0.2) is 14.4 Å². The smallest absolute Gasteiger partial charge is 0.437 e. The molecule has 0 heterocycles. The van der Waals surface area contributed by atoms with E-state index in [1.807, 2.05) is 0 Å². The number of aliphatic imine (C=N–C) groups is 1. The highest BCUT2D eigenvalue weighted by Gasteiger charge is 2.23. The summed E-state index contributed by atoms with van der Waals surface area (Å²) < 4.78 is 16.3. The lowest BCUT2D eigenvalue weighted by atomic mass is 9.94. The largest absolute Gasteiger partial charge is 0.493 e. The number of alkyl carbamates (subject to hydrolysis) is 1. The molecule has 0 aromatic heterocycles. The van der Waals surface area contributed by atoms with Crippen LogP contribution < -0.4 is 15.4 Å². The predicted octanol–water partition coefficient (Wildman–Crippen LogP) is 5.32. The van der Waals surface area contributed by atoms with Crippen molar-refractivity contribution in [2.45, 2.75) is 97.4 Å². The second-order valence-electron chi connectivity index (χ2n) is 11.3. The molecule has 0 aliphatic heterocycles. The van der Waals surface area contributed by atoms with Gasteiger partial charge in [-0.1, -0.05) is 19.3 Å². The standard InChI is InChI=1S/C27H41N3O8/c1-26(2,3)37-24(34)29-23(30-25(35)38-27(4,5)6)28-18-12-13-19(22(32)33)21(16-18)36-15-14-17-10-8-7-9-11-20(17)31/h12-13,16-17,20,31H,7-11,14-15H2,1-6H3,(H,32,33)(H2,28,29,30,34,35). The van der Waals surface area contributed by atoms with Crippen LogP contribution in [-0.4, -0.2) is 58.2 Å². The van der Waals surface area contributed by atoms with E-state index in [2.05, 4.69) is 15.6 Å². The van der Waals surface area contributed by atoms with Crippen molar-refractivity contribution in [2.75, 3.05) is 11.9 Å². The van der Waals surface area contributed by atoms with E-state index in [0.29, 0.717) is 12.1 Å². The molecule has 0 bridgehead atoms. The van der Waals surface area contributed by atoms with Gasteiger partial charge in [0.25, 0.3) is 0 Å². The van der Waals surface area contributed by atoms with Crippen molar-refractivity contribution in [2.24, 2.45) is 10.9 Å². The molecular weight excluding hydrogens is 494 g/mol. The van der Waals surface area contributed by atoms with Crippen LogP contribution in [0, 0.1) is 5.92 Å². The number of carbonyl (C=O) groups excluding carboxylic acids is 2. The molecule has 0 spiro atoms. The summed E-state index contributed by atoms with van der Waals surface area (Å²) in [6, 6.07) is 4.24. The topological polar surface area (TPSA) is 156 Å². The van der Waals surface area contributed by atoms with Gasteiger partial charge in [0.05, 0.1) is 12.7 Å². The first-order valence-electron chi connectivity index (χ1n) is 12.9. The van der Waals surface area contributed by atoms with Crippen LogP contribution in [0.15, 0.2) is 23.2 Å². The Kier molecular flexibility index (Phi) is 10.9. The number of nitrogens with zero attached hydrogens (tertiary/aromatic N) is 1. The van der Waals surface area contributed by atoms with E-state index in [4.69, 9.17) is 14.2 Å². The Hall–Kier alpha value is -3.34. The fraction of sp³-hybridized carbons (Fsp3) is 0.630. The summed E-state index contributed by atoms with van der Waals surface area (Å²) in [6.45, 7) is 10.3. The third-order valence-electron chi connectivity index (χ3n) is 5.56. The maximum Gasteiger partial charge on any atom is 0.437 e. The van der Waals surface area contributed by atoms with Crippen LogP contribution in [0.3, 0.4) is 0 Å². The van der Waals surface area contributed by atoms with E-state index in [1.54, 1.807) is 41.5 Å². The van der Waals surface area contributed by atoms with Crippen LogP contribution in [0.4, 0.5) is 15.3 Å². The number of aliphatic hydroxyl groups is 1. The highest BCUT2D eigenvalue weighted by molar-refractivity contribution is 6.06. The number of ether oxygens (including phenoxy) is 3. The number of hydrogen-bond donors (Lipinski definition) is 4. The molecule has 2 rings (SSSR count). The molecule has 2 unspecified atom stereocenters. The molecule has 1 aromatic rings. The second-order valence-corrected chi connectivity index (χ2v) is 11.3. The van der Waals surface area contributed by atoms with Crippen molar-refractivity contribution in [3.8, 4) is 5.75 Å². The molecule has 212 valence electrons. The number of anilines is 1. The van der Waals surface area contributed by atoms with Crippen molar-refractivity contribution in [3.05, 3.63) is 23.8 Å². The van der Waals surface area contributed by atoms with Gasteiger partial charge in [0, 0.05) is 11.8 Å². The molecule has 11 nitrogen and oxygen atoms in total. The van der Waals surface area contributed by atoms with Crippen LogP contribution in [0.25, 0.3) is 0 Å². The third kappa shape index (κ3) is 11.4. The van der Waals surface area contributed by atoms with E-state index in [0.717, 1.165) is 32.1 Å². The van der Waals surface area contributed by atoms with Crippen molar-refractivity contribution >= 4 is 29.8 Å². The average Bonchev–Trinajstić information content (AvgIpc) is 2.95. The Morgan fingerprint density at radius 1 is 1.00 bits per heavy atom. The van der Waals surface area contributed by atoms with E-state index in [-0.39, 0.29) is 29.8 Å². The first-order chi connectivity index (χ1) is 17.6. The van der Waals surface area contributed by atoms with Gasteiger partial charge < -0.3 is 29.7 Å². The zero-order chi connectivity index (χ0) is 28.5. The van der Waals surface area contributed by atoms with Crippen molar-refractivity contribution in [3.63, 3.8) is 0 Å². The quantitative estimate of drug-likeness (QED) is 0.215. The number of carboxylic acid groups (broad SMARTS) is 1. The molecule has 11 heteroatoms. The number of benzene rings is 1. The van der Waals surface area contributed by atoms with E-state index < -0.39 is 35.5 Å². The molecule has 1 aliphatic carbocycles. The van der Waals surface area contributed by atoms with Crippen LogP contribution in [0.5, 0.6) is 5.75 Å². The van der Waals surface area contributed by atoms with Crippen LogP contribution in [-0.2, 0) is 9.47 Å². The van der Waals surface area contributed by atoms with E-state index in [9.17, 15) is 24.6 Å². The maximum atomic E-state index is 12.3. The van der Waals surface area contributed by atoms with Crippen LogP contribution in [0.2, 0.25) is 0 Å². The third-order valence-corrected chi connectivity index (χ3v) is 5.56. The zero-order valence-corrected chi connectivity index (χ0v) is 23.1. The molecule has 4 N–H and O–H groups in total. The van der Waals surface area contributed by atoms with Crippen molar-refractivity contribution < 1.29 is 38.8 Å². The fourth-order valence-electron chi connectivity index (χ4n) is 3.92. The number of guanidine groups is 1. The predicted molar refractivity (Wildman–Crippen MR) is 143 cm³/mol. The summed E-state index contributed by atoms with van der Waals surface area (Å²) in [6.07, 6.45) is 3.20. The fourth-order valence-corrected chi connectivity index (χ4v) is 3.92. The Bertz CT molecular complexity index is 1010. The summed E-state index contributed by atoms with van der Waals surface area (Å²) in [5.74, 6) is -1.25. The molecule has 0 radical (unpaired) electrons. The number of aliphatic hydroxyl groups excluding tert-OH is 1.